The molecule has 2 rings (SSSR count). The molecule has 0 saturated heterocycles. The van der Waals surface area contributed by atoms with E-state index in [-0.39, 0.29) is 0 Å². The van der Waals surface area contributed by atoms with Gasteiger partial charge in [-0.2, -0.15) is 0 Å². The standard InChI is InChI=1S/C13H14N2O2/c1-8-10(7-11(14)13(16)17)6-9-4-2-3-5-12(9)15-8/h2-6,11H,7,14H2,1H3,(H,16,17). The Hall–Kier alpha value is -1.94. The van der Waals surface area contributed by atoms with Crippen LogP contribution in [0.15, 0.2) is 30.3 Å². The number of rotatable bonds is 3. The van der Waals surface area contributed by atoms with Gasteiger partial charge in [-0.15, -0.1) is 0 Å². The van der Waals surface area contributed by atoms with Gasteiger partial charge >= 0.3 is 5.97 Å². The first kappa shape index (κ1) is 11.5. The third kappa shape index (κ3) is 2.42. The summed E-state index contributed by atoms with van der Waals surface area (Å²) in [6.07, 6.45) is 0.305. The minimum Gasteiger partial charge on any atom is -0.480 e. The molecule has 0 aliphatic carbocycles. The molecule has 0 radical (unpaired) electrons. The number of para-hydroxylation sites is 1. The zero-order valence-electron chi connectivity index (χ0n) is 9.55. The predicted molar refractivity (Wildman–Crippen MR) is 65.8 cm³/mol. The quantitative estimate of drug-likeness (QED) is 0.837. The summed E-state index contributed by atoms with van der Waals surface area (Å²) in [4.78, 5) is 15.2. The highest BCUT2D eigenvalue weighted by atomic mass is 16.4. The molecule has 88 valence electrons. The molecule has 4 heteroatoms. The molecule has 3 N–H and O–H groups in total. The van der Waals surface area contributed by atoms with Crippen LogP contribution in [0.1, 0.15) is 11.3 Å². The number of benzene rings is 1. The monoisotopic (exact) mass is 230 g/mol. The van der Waals surface area contributed by atoms with Crippen molar-refractivity contribution in [2.24, 2.45) is 5.73 Å². The van der Waals surface area contributed by atoms with Crippen LogP contribution in [0.5, 0.6) is 0 Å². The highest BCUT2D eigenvalue weighted by Gasteiger charge is 2.14. The molecule has 1 heterocycles. The molecule has 2 aromatic rings. The van der Waals surface area contributed by atoms with Crippen LogP contribution in [0.2, 0.25) is 0 Å². The number of aromatic nitrogens is 1. The third-order valence-corrected chi connectivity index (χ3v) is 2.78. The second kappa shape index (κ2) is 4.51. The molecule has 0 aliphatic rings. The second-order valence-electron chi connectivity index (χ2n) is 4.07. The van der Waals surface area contributed by atoms with Gasteiger partial charge in [-0.3, -0.25) is 9.78 Å². The summed E-state index contributed by atoms with van der Waals surface area (Å²) in [5, 5.41) is 9.81. The van der Waals surface area contributed by atoms with E-state index < -0.39 is 12.0 Å². The highest BCUT2D eigenvalue weighted by Crippen LogP contribution is 2.17. The van der Waals surface area contributed by atoms with Crippen LogP contribution >= 0.6 is 0 Å². The van der Waals surface area contributed by atoms with Gasteiger partial charge < -0.3 is 10.8 Å². The van der Waals surface area contributed by atoms with Crippen molar-refractivity contribution in [1.29, 1.82) is 0 Å². The number of carbonyl (C=O) groups is 1. The molecule has 1 aromatic heterocycles. The Balaban J connectivity index is 2.40. The lowest BCUT2D eigenvalue weighted by Crippen LogP contribution is -2.32. The van der Waals surface area contributed by atoms with Crippen LogP contribution in [0.25, 0.3) is 10.9 Å². The summed E-state index contributed by atoms with van der Waals surface area (Å²) in [7, 11) is 0. The average Bonchev–Trinajstić information content (AvgIpc) is 2.29. The fraction of sp³-hybridized carbons (Fsp3) is 0.231. The molecule has 0 fully saturated rings. The number of nitrogens with two attached hydrogens (primary N) is 1. The molecule has 0 saturated carbocycles. The average molecular weight is 230 g/mol. The van der Waals surface area contributed by atoms with Crippen LogP contribution in [0.3, 0.4) is 0 Å². The Labute approximate surface area is 99.1 Å². The Morgan fingerprint density at radius 3 is 2.88 bits per heavy atom. The SMILES string of the molecule is Cc1nc2ccccc2cc1CC(N)C(=O)O. The smallest absolute Gasteiger partial charge is 0.320 e. The van der Waals surface area contributed by atoms with Crippen LogP contribution in [0, 0.1) is 6.92 Å². The van der Waals surface area contributed by atoms with Crippen LogP contribution in [-0.4, -0.2) is 22.1 Å². The number of hydrogen-bond acceptors (Lipinski definition) is 3. The van der Waals surface area contributed by atoms with E-state index >= 15 is 0 Å². The molecular formula is C13H14N2O2. The molecular weight excluding hydrogens is 216 g/mol. The molecule has 0 bridgehead atoms. The van der Waals surface area contributed by atoms with Crippen molar-refractivity contribution in [2.45, 2.75) is 19.4 Å². The highest BCUT2D eigenvalue weighted by molar-refractivity contribution is 5.80. The summed E-state index contributed by atoms with van der Waals surface area (Å²) < 4.78 is 0. The van der Waals surface area contributed by atoms with Crippen LogP contribution in [0.4, 0.5) is 0 Å². The van der Waals surface area contributed by atoms with E-state index in [9.17, 15) is 4.79 Å². The maximum atomic E-state index is 10.7. The predicted octanol–water partition coefficient (Wildman–Crippen LogP) is 1.50. The van der Waals surface area contributed by atoms with E-state index in [2.05, 4.69) is 4.98 Å². The van der Waals surface area contributed by atoms with Gasteiger partial charge in [-0.05, 0) is 24.6 Å². The second-order valence-corrected chi connectivity index (χ2v) is 4.07. The van der Waals surface area contributed by atoms with Gasteiger partial charge in [0.15, 0.2) is 0 Å². The van der Waals surface area contributed by atoms with E-state index in [4.69, 9.17) is 10.8 Å². The number of hydrogen-bond donors (Lipinski definition) is 2. The maximum Gasteiger partial charge on any atom is 0.320 e. The Kier molecular flexibility index (Phi) is 3.06. The summed E-state index contributed by atoms with van der Waals surface area (Å²) in [6.45, 7) is 1.87. The number of aliphatic carboxylic acids is 1. The van der Waals surface area contributed by atoms with Gasteiger partial charge in [-0.1, -0.05) is 18.2 Å². The fourth-order valence-corrected chi connectivity index (χ4v) is 1.79. The lowest BCUT2D eigenvalue weighted by molar-refractivity contribution is -0.138. The third-order valence-electron chi connectivity index (χ3n) is 2.78. The van der Waals surface area contributed by atoms with E-state index in [1.807, 2.05) is 37.3 Å². The number of fused-ring (bicyclic) bond motifs is 1. The first-order valence-electron chi connectivity index (χ1n) is 5.41. The van der Waals surface area contributed by atoms with E-state index in [0.29, 0.717) is 6.42 Å². The number of nitrogens with zero attached hydrogens (tertiary/aromatic N) is 1. The molecule has 0 spiro atoms. The van der Waals surface area contributed by atoms with Gasteiger partial charge in [0, 0.05) is 17.5 Å². The molecule has 1 aromatic carbocycles. The van der Waals surface area contributed by atoms with Crippen molar-refractivity contribution in [2.75, 3.05) is 0 Å². The molecule has 0 amide bonds. The van der Waals surface area contributed by atoms with Crippen molar-refractivity contribution in [3.05, 3.63) is 41.6 Å². The van der Waals surface area contributed by atoms with Gasteiger partial charge in [0.05, 0.1) is 5.52 Å². The lowest BCUT2D eigenvalue weighted by atomic mass is 10.0. The van der Waals surface area contributed by atoms with E-state index in [1.54, 1.807) is 0 Å². The Morgan fingerprint density at radius 1 is 1.47 bits per heavy atom. The first-order valence-corrected chi connectivity index (χ1v) is 5.41. The Bertz CT molecular complexity index is 566. The molecule has 17 heavy (non-hydrogen) atoms. The summed E-state index contributed by atoms with van der Waals surface area (Å²) in [6, 6.07) is 8.83. The van der Waals surface area contributed by atoms with Crippen molar-refractivity contribution in [3.8, 4) is 0 Å². The minimum absolute atomic E-state index is 0.305. The summed E-state index contributed by atoms with van der Waals surface area (Å²) in [5.74, 6) is -0.988. The number of aryl methyl sites for hydroxylation is 1. The van der Waals surface area contributed by atoms with Gasteiger partial charge in [-0.25, -0.2) is 0 Å². The van der Waals surface area contributed by atoms with E-state index in [1.165, 1.54) is 0 Å². The molecule has 1 unspecified atom stereocenters. The zero-order valence-corrected chi connectivity index (χ0v) is 9.55. The number of carboxylic acids is 1. The van der Waals surface area contributed by atoms with Crippen molar-refractivity contribution in [1.82, 2.24) is 4.98 Å². The van der Waals surface area contributed by atoms with Crippen molar-refractivity contribution in [3.63, 3.8) is 0 Å². The molecule has 4 nitrogen and oxygen atoms in total. The largest absolute Gasteiger partial charge is 0.480 e. The number of pyridine rings is 1. The first-order chi connectivity index (χ1) is 8.08. The van der Waals surface area contributed by atoms with Crippen molar-refractivity contribution >= 4 is 16.9 Å². The van der Waals surface area contributed by atoms with Crippen LogP contribution < -0.4 is 5.73 Å². The van der Waals surface area contributed by atoms with E-state index in [0.717, 1.165) is 22.2 Å². The topological polar surface area (TPSA) is 76.2 Å². The molecule has 1 atom stereocenters. The molecule has 0 aliphatic heterocycles. The zero-order chi connectivity index (χ0) is 12.4. The van der Waals surface area contributed by atoms with Crippen molar-refractivity contribution < 1.29 is 9.90 Å². The summed E-state index contributed by atoms with van der Waals surface area (Å²) in [5.41, 5.74) is 8.17. The van der Waals surface area contributed by atoms with Gasteiger partial charge in [0.1, 0.15) is 6.04 Å². The Morgan fingerprint density at radius 2 is 2.18 bits per heavy atom. The fourth-order valence-electron chi connectivity index (χ4n) is 1.79. The minimum atomic E-state index is -0.988. The van der Waals surface area contributed by atoms with Crippen LogP contribution in [-0.2, 0) is 11.2 Å². The summed E-state index contributed by atoms with van der Waals surface area (Å²) >= 11 is 0. The number of carboxylic acid groups (broad SMARTS) is 1. The van der Waals surface area contributed by atoms with Gasteiger partial charge in [0.25, 0.3) is 0 Å². The van der Waals surface area contributed by atoms with Gasteiger partial charge in [0.2, 0.25) is 0 Å². The normalized spacial score (nSPS) is 12.6. The lowest BCUT2D eigenvalue weighted by Gasteiger charge is -2.10. The maximum absolute atomic E-state index is 10.7.